The van der Waals surface area contributed by atoms with E-state index in [1.54, 1.807) is 6.33 Å². The number of hydrogen-bond donors (Lipinski definition) is 1. The zero-order valence-electron chi connectivity index (χ0n) is 12.5. The van der Waals surface area contributed by atoms with Gasteiger partial charge in [0.25, 0.3) is 0 Å². The highest BCUT2D eigenvalue weighted by atomic mass is 16.1. The standard InChI is InChI=1S/C19H18N2O/c1-14-18(21-13-20-14)10-11-19(22)17-9-5-8-16(12-17)15-6-3-2-4-7-15/h2-9,12-13H,10-11H2,1H3,(H,20,21). The molecule has 110 valence electrons. The summed E-state index contributed by atoms with van der Waals surface area (Å²) >= 11 is 0. The molecule has 3 heteroatoms. The lowest BCUT2D eigenvalue weighted by molar-refractivity contribution is 0.0982. The van der Waals surface area contributed by atoms with E-state index < -0.39 is 0 Å². The maximum atomic E-state index is 12.4. The van der Waals surface area contributed by atoms with Gasteiger partial charge in [-0.1, -0.05) is 48.5 Å². The molecular formula is C19H18N2O. The smallest absolute Gasteiger partial charge is 0.163 e. The third-order valence-corrected chi connectivity index (χ3v) is 3.81. The van der Waals surface area contributed by atoms with Gasteiger partial charge >= 0.3 is 0 Å². The van der Waals surface area contributed by atoms with E-state index >= 15 is 0 Å². The van der Waals surface area contributed by atoms with Gasteiger partial charge in [0, 0.05) is 17.7 Å². The van der Waals surface area contributed by atoms with Gasteiger partial charge in [0.15, 0.2) is 5.78 Å². The zero-order chi connectivity index (χ0) is 15.4. The van der Waals surface area contributed by atoms with E-state index in [1.165, 1.54) is 0 Å². The quantitative estimate of drug-likeness (QED) is 0.716. The minimum atomic E-state index is 0.153. The monoisotopic (exact) mass is 290 g/mol. The van der Waals surface area contributed by atoms with Crippen molar-refractivity contribution in [3.63, 3.8) is 0 Å². The molecule has 0 fully saturated rings. The summed E-state index contributed by atoms with van der Waals surface area (Å²) in [6.07, 6.45) is 2.82. The molecule has 3 nitrogen and oxygen atoms in total. The maximum absolute atomic E-state index is 12.4. The summed E-state index contributed by atoms with van der Waals surface area (Å²) in [5.41, 5.74) is 4.95. The van der Waals surface area contributed by atoms with Crippen LogP contribution in [-0.2, 0) is 6.42 Å². The molecule has 0 saturated heterocycles. The Morgan fingerprint density at radius 3 is 2.55 bits per heavy atom. The van der Waals surface area contributed by atoms with E-state index in [9.17, 15) is 4.79 Å². The Bertz CT molecular complexity index is 775. The van der Waals surface area contributed by atoms with Gasteiger partial charge in [0.2, 0.25) is 0 Å². The summed E-state index contributed by atoms with van der Waals surface area (Å²) in [4.78, 5) is 19.7. The largest absolute Gasteiger partial charge is 0.348 e. The fraction of sp³-hybridized carbons (Fsp3) is 0.158. The molecule has 0 bridgehead atoms. The molecule has 1 heterocycles. The third-order valence-electron chi connectivity index (χ3n) is 3.81. The van der Waals surface area contributed by atoms with Crippen molar-refractivity contribution in [1.82, 2.24) is 9.97 Å². The molecule has 0 unspecified atom stereocenters. The van der Waals surface area contributed by atoms with Crippen LogP contribution in [0.4, 0.5) is 0 Å². The summed E-state index contributed by atoms with van der Waals surface area (Å²) in [5.74, 6) is 0.153. The Morgan fingerprint density at radius 1 is 1.05 bits per heavy atom. The van der Waals surface area contributed by atoms with E-state index in [0.29, 0.717) is 12.8 Å². The number of hydrogen-bond acceptors (Lipinski definition) is 2. The Kier molecular flexibility index (Phi) is 4.15. The lowest BCUT2D eigenvalue weighted by Gasteiger charge is -2.05. The van der Waals surface area contributed by atoms with Crippen LogP contribution in [0.15, 0.2) is 60.9 Å². The van der Waals surface area contributed by atoms with Gasteiger partial charge < -0.3 is 4.98 Å². The number of ketones is 1. The summed E-state index contributed by atoms with van der Waals surface area (Å²) in [6.45, 7) is 1.98. The van der Waals surface area contributed by atoms with Gasteiger partial charge in [0.1, 0.15) is 0 Å². The summed E-state index contributed by atoms with van der Waals surface area (Å²) in [5, 5.41) is 0. The zero-order valence-corrected chi connectivity index (χ0v) is 12.5. The van der Waals surface area contributed by atoms with Gasteiger partial charge in [-0.2, -0.15) is 0 Å². The van der Waals surface area contributed by atoms with E-state index in [2.05, 4.69) is 22.1 Å². The number of carbonyl (C=O) groups excluding carboxylic acids is 1. The highest BCUT2D eigenvalue weighted by Gasteiger charge is 2.09. The first kappa shape index (κ1) is 14.3. The van der Waals surface area contributed by atoms with Crippen LogP contribution in [0.3, 0.4) is 0 Å². The molecule has 0 amide bonds. The van der Waals surface area contributed by atoms with Crippen molar-refractivity contribution in [2.45, 2.75) is 19.8 Å². The molecule has 0 atom stereocenters. The van der Waals surface area contributed by atoms with Crippen molar-refractivity contribution < 1.29 is 4.79 Å². The molecule has 0 radical (unpaired) electrons. The fourth-order valence-corrected chi connectivity index (χ4v) is 2.52. The number of carbonyl (C=O) groups is 1. The fourth-order valence-electron chi connectivity index (χ4n) is 2.52. The van der Waals surface area contributed by atoms with Crippen molar-refractivity contribution in [1.29, 1.82) is 0 Å². The Labute approximate surface area is 130 Å². The number of aromatic amines is 1. The van der Waals surface area contributed by atoms with Crippen molar-refractivity contribution in [2.24, 2.45) is 0 Å². The average molecular weight is 290 g/mol. The lowest BCUT2D eigenvalue weighted by Crippen LogP contribution is -2.02. The highest BCUT2D eigenvalue weighted by Crippen LogP contribution is 2.21. The third kappa shape index (κ3) is 3.14. The van der Waals surface area contributed by atoms with Crippen LogP contribution in [0.5, 0.6) is 0 Å². The summed E-state index contributed by atoms with van der Waals surface area (Å²) in [7, 11) is 0. The van der Waals surface area contributed by atoms with Crippen LogP contribution in [0.25, 0.3) is 11.1 Å². The average Bonchev–Trinajstić information content (AvgIpc) is 2.99. The summed E-state index contributed by atoms with van der Waals surface area (Å²) in [6, 6.07) is 17.9. The molecule has 3 aromatic rings. The molecule has 0 aliphatic heterocycles. The predicted octanol–water partition coefficient (Wildman–Crippen LogP) is 4.20. The first-order valence-electron chi connectivity index (χ1n) is 7.41. The van der Waals surface area contributed by atoms with Crippen LogP contribution < -0.4 is 0 Å². The van der Waals surface area contributed by atoms with Gasteiger partial charge in [-0.25, -0.2) is 4.98 Å². The molecule has 0 spiro atoms. The van der Waals surface area contributed by atoms with Crippen molar-refractivity contribution in [3.05, 3.63) is 77.9 Å². The normalized spacial score (nSPS) is 10.6. The van der Waals surface area contributed by atoms with Crippen molar-refractivity contribution in [2.75, 3.05) is 0 Å². The number of Topliss-reactive ketones (excluding diaryl/α,β-unsaturated/α-hetero) is 1. The van der Waals surface area contributed by atoms with E-state index in [4.69, 9.17) is 0 Å². The minimum absolute atomic E-state index is 0.153. The van der Waals surface area contributed by atoms with E-state index in [0.717, 1.165) is 28.1 Å². The minimum Gasteiger partial charge on any atom is -0.348 e. The molecule has 2 aromatic carbocycles. The SMILES string of the molecule is Cc1[nH]cnc1CCC(=O)c1cccc(-c2ccccc2)c1. The lowest BCUT2D eigenvalue weighted by atomic mass is 9.99. The van der Waals surface area contributed by atoms with Crippen LogP contribution in [0, 0.1) is 6.92 Å². The highest BCUT2D eigenvalue weighted by molar-refractivity contribution is 5.97. The second-order valence-corrected chi connectivity index (χ2v) is 5.34. The molecule has 1 aromatic heterocycles. The van der Waals surface area contributed by atoms with Crippen LogP contribution >= 0.6 is 0 Å². The number of imidazole rings is 1. The Morgan fingerprint density at radius 2 is 1.82 bits per heavy atom. The van der Waals surface area contributed by atoms with Crippen molar-refractivity contribution in [3.8, 4) is 11.1 Å². The number of nitrogens with zero attached hydrogens (tertiary/aromatic N) is 1. The van der Waals surface area contributed by atoms with Crippen molar-refractivity contribution >= 4 is 5.78 Å². The van der Waals surface area contributed by atoms with Crippen LogP contribution in [0.1, 0.15) is 28.2 Å². The maximum Gasteiger partial charge on any atom is 0.163 e. The molecule has 3 rings (SSSR count). The molecule has 0 aliphatic rings. The van der Waals surface area contributed by atoms with Crippen LogP contribution in [-0.4, -0.2) is 15.8 Å². The topological polar surface area (TPSA) is 45.8 Å². The van der Waals surface area contributed by atoms with E-state index in [-0.39, 0.29) is 5.78 Å². The number of nitrogens with one attached hydrogen (secondary N) is 1. The molecule has 1 N–H and O–H groups in total. The molecule has 0 saturated carbocycles. The Hall–Kier alpha value is -2.68. The van der Waals surface area contributed by atoms with Gasteiger partial charge in [-0.15, -0.1) is 0 Å². The number of benzene rings is 2. The number of aromatic nitrogens is 2. The number of rotatable bonds is 5. The molecule has 0 aliphatic carbocycles. The first-order chi connectivity index (χ1) is 10.7. The second-order valence-electron chi connectivity index (χ2n) is 5.34. The Balaban J connectivity index is 1.74. The first-order valence-corrected chi connectivity index (χ1v) is 7.41. The second kappa shape index (κ2) is 6.39. The van der Waals surface area contributed by atoms with Gasteiger partial charge in [-0.3, -0.25) is 4.79 Å². The molecule has 22 heavy (non-hydrogen) atoms. The molecular weight excluding hydrogens is 272 g/mol. The number of H-pyrrole nitrogens is 1. The number of aryl methyl sites for hydroxylation is 2. The summed E-state index contributed by atoms with van der Waals surface area (Å²) < 4.78 is 0. The van der Waals surface area contributed by atoms with Gasteiger partial charge in [0.05, 0.1) is 12.0 Å². The van der Waals surface area contributed by atoms with E-state index in [1.807, 2.05) is 49.4 Å². The predicted molar refractivity (Wildman–Crippen MR) is 87.9 cm³/mol. The van der Waals surface area contributed by atoms with Crippen LogP contribution in [0.2, 0.25) is 0 Å². The van der Waals surface area contributed by atoms with Gasteiger partial charge in [-0.05, 0) is 30.5 Å².